The Morgan fingerprint density at radius 3 is 2.70 bits per heavy atom. The first kappa shape index (κ1) is 14.9. The van der Waals surface area contributed by atoms with Crippen molar-refractivity contribution >= 4 is 22.5 Å². The Hall–Kier alpha value is -1.47. The third-order valence-corrected chi connectivity index (χ3v) is 4.31. The molecule has 2 amide bonds. The number of hydrogen-bond acceptors (Lipinski definition) is 3. The van der Waals surface area contributed by atoms with E-state index < -0.39 is 28.2 Å². The second-order valence-electron chi connectivity index (χ2n) is 4.98. The molecule has 1 saturated carbocycles. The number of amides is 2. The molecule has 3 N–H and O–H groups in total. The van der Waals surface area contributed by atoms with Gasteiger partial charge in [0.2, 0.25) is 0 Å². The van der Waals surface area contributed by atoms with E-state index in [9.17, 15) is 18.5 Å². The number of hydrogen-bond donors (Lipinski definition) is 3. The Labute approximate surface area is 119 Å². The number of halogens is 1. The van der Waals surface area contributed by atoms with Gasteiger partial charge >= 0.3 is 6.03 Å². The lowest BCUT2D eigenvalue weighted by Gasteiger charge is -2.36. The summed E-state index contributed by atoms with van der Waals surface area (Å²) < 4.78 is 24.8. The lowest BCUT2D eigenvalue weighted by atomic mass is 9.80. The van der Waals surface area contributed by atoms with Crippen LogP contribution in [0.4, 0.5) is 14.9 Å². The molecule has 1 atom stereocenters. The zero-order valence-corrected chi connectivity index (χ0v) is 11.9. The molecule has 0 heterocycles. The number of carbonyl (C=O) groups excluding carboxylic acids is 1. The number of urea groups is 1. The SMILES string of the molecule is CS(=O)c1ccc(NC(=O)NCC2(O)CCC2)cc1F. The summed E-state index contributed by atoms with van der Waals surface area (Å²) in [5.74, 6) is -0.624. The van der Waals surface area contributed by atoms with Crippen molar-refractivity contribution in [3.05, 3.63) is 24.0 Å². The normalized spacial score (nSPS) is 17.9. The summed E-state index contributed by atoms with van der Waals surface area (Å²) in [4.78, 5) is 11.7. The number of aliphatic hydroxyl groups is 1. The molecule has 0 saturated heterocycles. The highest BCUT2D eigenvalue weighted by Crippen LogP contribution is 2.30. The Balaban J connectivity index is 1.91. The van der Waals surface area contributed by atoms with Gasteiger partial charge in [0.25, 0.3) is 0 Å². The zero-order chi connectivity index (χ0) is 14.8. The van der Waals surface area contributed by atoms with Gasteiger partial charge in [-0.3, -0.25) is 4.21 Å². The first-order valence-corrected chi connectivity index (χ1v) is 7.86. The van der Waals surface area contributed by atoms with Gasteiger partial charge in [-0.05, 0) is 37.5 Å². The molecular weight excluding hydrogens is 283 g/mol. The average Bonchev–Trinajstić information content (AvgIpc) is 2.33. The number of rotatable bonds is 4. The largest absolute Gasteiger partial charge is 0.388 e. The molecule has 2 rings (SSSR count). The molecule has 5 nitrogen and oxygen atoms in total. The maximum atomic E-state index is 13.6. The number of carbonyl (C=O) groups is 1. The third-order valence-electron chi connectivity index (χ3n) is 3.36. The Morgan fingerprint density at radius 1 is 1.50 bits per heavy atom. The maximum absolute atomic E-state index is 13.6. The van der Waals surface area contributed by atoms with Crippen molar-refractivity contribution < 1.29 is 18.5 Å². The lowest BCUT2D eigenvalue weighted by molar-refractivity contribution is -0.0287. The minimum atomic E-state index is -1.41. The van der Waals surface area contributed by atoms with E-state index in [2.05, 4.69) is 10.6 Å². The van der Waals surface area contributed by atoms with Crippen LogP contribution in [0.2, 0.25) is 0 Å². The predicted octanol–water partition coefficient (Wildman–Crippen LogP) is 1.60. The zero-order valence-electron chi connectivity index (χ0n) is 11.1. The van der Waals surface area contributed by atoms with Crippen LogP contribution in [-0.4, -0.2) is 33.7 Å². The van der Waals surface area contributed by atoms with Gasteiger partial charge in [-0.25, -0.2) is 9.18 Å². The molecule has 1 fully saturated rings. The van der Waals surface area contributed by atoms with Crippen molar-refractivity contribution in [2.45, 2.75) is 29.8 Å². The van der Waals surface area contributed by atoms with Gasteiger partial charge in [-0.1, -0.05) is 0 Å². The minimum Gasteiger partial charge on any atom is -0.388 e. The average molecular weight is 300 g/mol. The van der Waals surface area contributed by atoms with Gasteiger partial charge in [0.1, 0.15) is 5.82 Å². The summed E-state index contributed by atoms with van der Waals surface area (Å²) >= 11 is 0. The van der Waals surface area contributed by atoms with Gasteiger partial charge in [0, 0.05) is 18.5 Å². The van der Waals surface area contributed by atoms with Crippen LogP contribution >= 0.6 is 0 Å². The predicted molar refractivity (Wildman–Crippen MR) is 74.6 cm³/mol. The van der Waals surface area contributed by atoms with Crippen molar-refractivity contribution in [3.63, 3.8) is 0 Å². The fraction of sp³-hybridized carbons (Fsp3) is 0.462. The van der Waals surface area contributed by atoms with E-state index >= 15 is 0 Å². The van der Waals surface area contributed by atoms with Crippen LogP contribution in [0.1, 0.15) is 19.3 Å². The molecule has 0 radical (unpaired) electrons. The van der Waals surface area contributed by atoms with E-state index in [4.69, 9.17) is 0 Å². The number of anilines is 1. The summed E-state index contributed by atoms with van der Waals surface area (Å²) in [5.41, 5.74) is -0.527. The highest BCUT2D eigenvalue weighted by Gasteiger charge is 2.34. The fourth-order valence-corrected chi connectivity index (χ4v) is 2.59. The van der Waals surface area contributed by atoms with Gasteiger partial charge in [0.05, 0.1) is 21.3 Å². The molecule has 110 valence electrons. The van der Waals surface area contributed by atoms with E-state index in [0.29, 0.717) is 12.8 Å². The van der Waals surface area contributed by atoms with Gasteiger partial charge in [0.15, 0.2) is 0 Å². The summed E-state index contributed by atoms with van der Waals surface area (Å²) in [5, 5.41) is 14.8. The van der Waals surface area contributed by atoms with E-state index in [1.54, 1.807) is 0 Å². The molecule has 20 heavy (non-hydrogen) atoms. The summed E-state index contributed by atoms with van der Waals surface area (Å²) in [6.45, 7) is 0.179. The quantitative estimate of drug-likeness (QED) is 0.790. The van der Waals surface area contributed by atoms with Crippen LogP contribution in [-0.2, 0) is 10.8 Å². The van der Waals surface area contributed by atoms with Crippen molar-refractivity contribution in [1.29, 1.82) is 0 Å². The molecule has 7 heteroatoms. The highest BCUT2D eigenvalue weighted by atomic mass is 32.2. The van der Waals surface area contributed by atoms with Crippen LogP contribution in [0.3, 0.4) is 0 Å². The summed E-state index contributed by atoms with van der Waals surface area (Å²) in [6.07, 6.45) is 3.70. The van der Waals surface area contributed by atoms with Gasteiger partial charge in [-0.2, -0.15) is 0 Å². The van der Waals surface area contributed by atoms with Crippen LogP contribution in [0.25, 0.3) is 0 Å². The minimum absolute atomic E-state index is 0.0970. The second-order valence-corrected chi connectivity index (χ2v) is 6.33. The maximum Gasteiger partial charge on any atom is 0.319 e. The van der Waals surface area contributed by atoms with E-state index in [0.717, 1.165) is 12.5 Å². The van der Waals surface area contributed by atoms with Crippen molar-refractivity contribution in [2.24, 2.45) is 0 Å². The monoisotopic (exact) mass is 300 g/mol. The van der Waals surface area contributed by atoms with Crippen molar-refractivity contribution in [2.75, 3.05) is 18.1 Å². The van der Waals surface area contributed by atoms with E-state index in [1.807, 2.05) is 0 Å². The van der Waals surface area contributed by atoms with Crippen LogP contribution in [0.5, 0.6) is 0 Å². The van der Waals surface area contributed by atoms with E-state index in [1.165, 1.54) is 18.4 Å². The Bertz CT molecular complexity index is 546. The van der Waals surface area contributed by atoms with Crippen LogP contribution < -0.4 is 10.6 Å². The molecule has 0 aromatic heterocycles. The molecule has 1 aromatic rings. The molecule has 1 unspecified atom stereocenters. The molecule has 1 aliphatic carbocycles. The first-order valence-electron chi connectivity index (χ1n) is 6.30. The van der Waals surface area contributed by atoms with E-state index in [-0.39, 0.29) is 17.1 Å². The number of benzene rings is 1. The standard InChI is InChI=1S/C13H17FN2O3S/c1-20(19)11-4-3-9(7-10(11)14)16-12(17)15-8-13(18)5-2-6-13/h3-4,7,18H,2,5-6,8H2,1H3,(H2,15,16,17). The topological polar surface area (TPSA) is 78.4 Å². The Kier molecular flexibility index (Phi) is 4.39. The molecule has 0 aliphatic heterocycles. The van der Waals surface area contributed by atoms with Gasteiger partial charge in [-0.15, -0.1) is 0 Å². The molecule has 1 aliphatic rings. The van der Waals surface area contributed by atoms with Crippen LogP contribution in [0, 0.1) is 5.82 Å². The highest BCUT2D eigenvalue weighted by molar-refractivity contribution is 7.84. The molecule has 0 spiro atoms. The molecule has 1 aromatic carbocycles. The molecule has 0 bridgehead atoms. The van der Waals surface area contributed by atoms with Gasteiger partial charge < -0.3 is 15.7 Å². The van der Waals surface area contributed by atoms with Crippen LogP contribution in [0.15, 0.2) is 23.1 Å². The third kappa shape index (κ3) is 3.55. The molecular formula is C13H17FN2O3S. The fourth-order valence-electron chi connectivity index (χ4n) is 1.99. The second kappa shape index (κ2) is 5.88. The summed E-state index contributed by atoms with van der Waals surface area (Å²) in [7, 11) is -1.41. The smallest absolute Gasteiger partial charge is 0.319 e. The first-order chi connectivity index (χ1) is 9.39. The van der Waals surface area contributed by atoms with Crippen molar-refractivity contribution in [3.8, 4) is 0 Å². The van der Waals surface area contributed by atoms with Crippen molar-refractivity contribution in [1.82, 2.24) is 5.32 Å². The summed E-state index contributed by atoms with van der Waals surface area (Å²) in [6, 6.07) is 3.47. The lowest BCUT2D eigenvalue weighted by Crippen LogP contribution is -2.48. The Morgan fingerprint density at radius 2 is 2.20 bits per heavy atom. The number of nitrogens with one attached hydrogen (secondary N) is 2.